The van der Waals surface area contributed by atoms with Gasteiger partial charge in [0.05, 0.1) is 6.10 Å². The molecule has 1 aromatic rings. The molecule has 0 bridgehead atoms. The third-order valence-electron chi connectivity index (χ3n) is 2.09. The Kier molecular flexibility index (Phi) is 3.17. The van der Waals surface area contributed by atoms with E-state index in [9.17, 15) is 9.50 Å². The fraction of sp³-hybridized carbons (Fsp3) is 0.455. The van der Waals surface area contributed by atoms with Crippen LogP contribution in [0.4, 0.5) is 4.39 Å². The lowest BCUT2D eigenvalue weighted by Gasteiger charge is -2.27. The SMILES string of the molecule is CC(C)(C)C(O)c1c(F)cccc1Cl. The third-order valence-corrected chi connectivity index (χ3v) is 2.42. The zero-order valence-electron chi connectivity index (χ0n) is 8.51. The fourth-order valence-corrected chi connectivity index (χ4v) is 1.47. The van der Waals surface area contributed by atoms with Gasteiger partial charge in [0.15, 0.2) is 0 Å². The van der Waals surface area contributed by atoms with E-state index in [1.165, 1.54) is 12.1 Å². The maximum Gasteiger partial charge on any atom is 0.130 e. The van der Waals surface area contributed by atoms with E-state index < -0.39 is 17.3 Å². The molecule has 0 aromatic heterocycles. The van der Waals surface area contributed by atoms with Crippen LogP contribution >= 0.6 is 11.6 Å². The first-order valence-electron chi connectivity index (χ1n) is 4.46. The maximum absolute atomic E-state index is 13.4. The van der Waals surface area contributed by atoms with Gasteiger partial charge in [-0.15, -0.1) is 0 Å². The summed E-state index contributed by atoms with van der Waals surface area (Å²) in [5.74, 6) is -0.458. The molecule has 0 aliphatic carbocycles. The fourth-order valence-electron chi connectivity index (χ4n) is 1.20. The topological polar surface area (TPSA) is 20.2 Å². The number of rotatable bonds is 1. The second kappa shape index (κ2) is 3.87. The first kappa shape index (κ1) is 11.5. The average Bonchev–Trinajstić information content (AvgIpc) is 2.01. The second-order valence-corrected chi connectivity index (χ2v) is 4.81. The van der Waals surface area contributed by atoms with Crippen molar-refractivity contribution in [1.82, 2.24) is 0 Å². The molecule has 1 aromatic carbocycles. The Morgan fingerprint density at radius 1 is 1.36 bits per heavy atom. The highest BCUT2D eigenvalue weighted by Gasteiger charge is 2.28. The summed E-state index contributed by atoms with van der Waals surface area (Å²) in [5, 5.41) is 10.2. The van der Waals surface area contributed by atoms with E-state index in [4.69, 9.17) is 11.6 Å². The molecule has 0 radical (unpaired) electrons. The maximum atomic E-state index is 13.4. The number of benzene rings is 1. The molecule has 1 N–H and O–H groups in total. The first-order chi connectivity index (χ1) is 6.34. The molecule has 0 saturated carbocycles. The third kappa shape index (κ3) is 2.25. The van der Waals surface area contributed by atoms with Gasteiger partial charge in [0.2, 0.25) is 0 Å². The standard InChI is InChI=1S/C11H14ClFO/c1-11(2,3)10(14)9-7(12)5-4-6-8(9)13/h4-6,10,14H,1-3H3. The molecule has 0 heterocycles. The van der Waals surface area contributed by atoms with Gasteiger partial charge in [-0.2, -0.15) is 0 Å². The molecule has 3 heteroatoms. The molecule has 14 heavy (non-hydrogen) atoms. The highest BCUT2D eigenvalue weighted by molar-refractivity contribution is 6.31. The lowest BCUT2D eigenvalue weighted by atomic mass is 9.84. The molecule has 0 aliphatic rings. The largest absolute Gasteiger partial charge is 0.388 e. The molecule has 1 rings (SSSR count). The van der Waals surface area contributed by atoms with Gasteiger partial charge in [0.25, 0.3) is 0 Å². The monoisotopic (exact) mass is 216 g/mol. The van der Waals surface area contributed by atoms with Crippen molar-refractivity contribution in [3.63, 3.8) is 0 Å². The molecule has 1 nitrogen and oxygen atoms in total. The van der Waals surface area contributed by atoms with Crippen LogP contribution in [0.2, 0.25) is 5.02 Å². The van der Waals surface area contributed by atoms with E-state index in [1.54, 1.807) is 6.07 Å². The summed E-state index contributed by atoms with van der Waals surface area (Å²) in [5.41, 5.74) is -0.243. The second-order valence-electron chi connectivity index (χ2n) is 4.40. The Morgan fingerprint density at radius 3 is 2.36 bits per heavy atom. The Balaban J connectivity index is 3.19. The summed E-state index contributed by atoms with van der Waals surface area (Å²) in [4.78, 5) is 0. The van der Waals surface area contributed by atoms with Gasteiger partial charge >= 0.3 is 0 Å². The first-order valence-corrected chi connectivity index (χ1v) is 4.84. The van der Waals surface area contributed by atoms with Crippen LogP contribution in [0.3, 0.4) is 0 Å². The van der Waals surface area contributed by atoms with Gasteiger partial charge in [0, 0.05) is 10.6 Å². The summed E-state index contributed by atoms with van der Waals surface area (Å²) >= 11 is 5.83. The Morgan fingerprint density at radius 2 is 1.93 bits per heavy atom. The highest BCUT2D eigenvalue weighted by atomic mass is 35.5. The van der Waals surface area contributed by atoms with Crippen LogP contribution in [0.15, 0.2) is 18.2 Å². The van der Waals surface area contributed by atoms with E-state index in [0.717, 1.165) is 0 Å². The van der Waals surface area contributed by atoms with Crippen molar-refractivity contribution in [3.8, 4) is 0 Å². The van der Waals surface area contributed by atoms with Gasteiger partial charge in [-0.3, -0.25) is 0 Å². The van der Waals surface area contributed by atoms with Crippen molar-refractivity contribution < 1.29 is 9.50 Å². The van der Waals surface area contributed by atoms with Crippen molar-refractivity contribution in [2.45, 2.75) is 26.9 Å². The van der Waals surface area contributed by atoms with Crippen LogP contribution in [-0.4, -0.2) is 5.11 Å². The molecule has 78 valence electrons. The van der Waals surface area contributed by atoms with E-state index in [1.807, 2.05) is 20.8 Å². The van der Waals surface area contributed by atoms with Crippen molar-refractivity contribution >= 4 is 11.6 Å². The van der Waals surface area contributed by atoms with Gasteiger partial charge < -0.3 is 5.11 Å². The average molecular weight is 217 g/mol. The number of halogens is 2. The lowest BCUT2D eigenvalue weighted by molar-refractivity contribution is 0.0596. The van der Waals surface area contributed by atoms with Crippen LogP contribution < -0.4 is 0 Å². The molecule has 0 amide bonds. The van der Waals surface area contributed by atoms with E-state index >= 15 is 0 Å². The Hall–Kier alpha value is -0.600. The van der Waals surface area contributed by atoms with Crippen molar-refractivity contribution in [2.24, 2.45) is 5.41 Å². The lowest BCUT2D eigenvalue weighted by Crippen LogP contribution is -2.19. The minimum absolute atomic E-state index is 0.182. The molecule has 1 unspecified atom stereocenters. The zero-order valence-corrected chi connectivity index (χ0v) is 9.27. The summed E-state index contributed by atoms with van der Waals surface area (Å²) < 4.78 is 13.4. The number of aliphatic hydroxyl groups is 1. The molecular weight excluding hydrogens is 203 g/mol. The predicted octanol–water partition coefficient (Wildman–Crippen LogP) is 3.56. The number of hydrogen-bond donors (Lipinski definition) is 1. The van der Waals surface area contributed by atoms with Crippen LogP contribution in [-0.2, 0) is 0 Å². The zero-order chi connectivity index (χ0) is 10.9. The minimum Gasteiger partial charge on any atom is -0.388 e. The van der Waals surface area contributed by atoms with Gasteiger partial charge in [-0.1, -0.05) is 38.4 Å². The van der Waals surface area contributed by atoms with Crippen LogP contribution in [0, 0.1) is 11.2 Å². The summed E-state index contributed by atoms with van der Waals surface area (Å²) in [6.07, 6.45) is -0.892. The number of aliphatic hydroxyl groups excluding tert-OH is 1. The van der Waals surface area contributed by atoms with Crippen molar-refractivity contribution in [2.75, 3.05) is 0 Å². The van der Waals surface area contributed by atoms with Crippen LogP contribution in [0.25, 0.3) is 0 Å². The smallest absolute Gasteiger partial charge is 0.130 e. The predicted molar refractivity (Wildman–Crippen MR) is 55.8 cm³/mol. The summed E-state index contributed by atoms with van der Waals surface area (Å²) in [7, 11) is 0. The molecular formula is C11H14ClFO. The van der Waals surface area contributed by atoms with E-state index in [2.05, 4.69) is 0 Å². The van der Waals surface area contributed by atoms with Crippen LogP contribution in [0.5, 0.6) is 0 Å². The quantitative estimate of drug-likeness (QED) is 0.761. The van der Waals surface area contributed by atoms with E-state index in [0.29, 0.717) is 0 Å². The van der Waals surface area contributed by atoms with Crippen molar-refractivity contribution in [3.05, 3.63) is 34.6 Å². The summed E-state index contributed by atoms with van der Waals surface area (Å²) in [6.45, 7) is 5.50. The minimum atomic E-state index is -0.892. The normalized spacial score (nSPS) is 14.1. The van der Waals surface area contributed by atoms with Gasteiger partial charge in [-0.05, 0) is 17.5 Å². The Bertz CT molecular complexity index is 310. The van der Waals surface area contributed by atoms with Crippen LogP contribution in [0.1, 0.15) is 32.4 Å². The van der Waals surface area contributed by atoms with Gasteiger partial charge in [-0.25, -0.2) is 4.39 Å². The van der Waals surface area contributed by atoms with E-state index in [-0.39, 0.29) is 10.6 Å². The molecule has 1 atom stereocenters. The summed E-state index contributed by atoms with van der Waals surface area (Å²) in [6, 6.07) is 4.40. The molecule has 0 spiro atoms. The molecule has 0 saturated heterocycles. The van der Waals surface area contributed by atoms with Crippen molar-refractivity contribution in [1.29, 1.82) is 0 Å². The number of hydrogen-bond acceptors (Lipinski definition) is 1. The molecule has 0 aliphatic heterocycles. The Labute approximate surface area is 88.5 Å². The molecule has 0 fully saturated rings. The van der Waals surface area contributed by atoms with Gasteiger partial charge in [0.1, 0.15) is 5.82 Å². The highest BCUT2D eigenvalue weighted by Crippen LogP contribution is 2.37.